The van der Waals surface area contributed by atoms with E-state index in [1.165, 1.54) is 11.3 Å². The van der Waals surface area contributed by atoms with Crippen LogP contribution in [0.1, 0.15) is 24.0 Å². The molecule has 0 atom stereocenters. The van der Waals surface area contributed by atoms with E-state index in [1.807, 2.05) is 14.0 Å². The quantitative estimate of drug-likeness (QED) is 0.597. The van der Waals surface area contributed by atoms with Crippen LogP contribution in [-0.2, 0) is 6.42 Å². The molecule has 0 spiro atoms. The van der Waals surface area contributed by atoms with Crippen molar-refractivity contribution in [1.29, 1.82) is 0 Å². The van der Waals surface area contributed by atoms with Gasteiger partial charge >= 0.3 is 0 Å². The van der Waals surface area contributed by atoms with Gasteiger partial charge < -0.3 is 5.32 Å². The first kappa shape index (κ1) is 11.4. The molecule has 2 nitrogen and oxygen atoms in total. The fourth-order valence-corrected chi connectivity index (χ4v) is 1.92. The topological polar surface area (TPSA) is 24.9 Å². The molecule has 0 fully saturated rings. The van der Waals surface area contributed by atoms with Gasteiger partial charge in [-0.25, -0.2) is 4.98 Å². The van der Waals surface area contributed by atoms with E-state index >= 15 is 0 Å². The number of nitrogens with one attached hydrogen (secondary N) is 1. The molecule has 0 amide bonds. The molecule has 0 aromatic carbocycles. The first-order chi connectivity index (χ1) is 6.72. The zero-order valence-corrected chi connectivity index (χ0v) is 9.95. The minimum absolute atomic E-state index is 0.994. The van der Waals surface area contributed by atoms with E-state index in [4.69, 9.17) is 0 Å². The van der Waals surface area contributed by atoms with Gasteiger partial charge in [-0.1, -0.05) is 11.6 Å². The summed E-state index contributed by atoms with van der Waals surface area (Å²) in [6.07, 6.45) is 4.38. The highest BCUT2D eigenvalue weighted by Crippen LogP contribution is 2.12. The molecule has 0 bridgehead atoms. The van der Waals surface area contributed by atoms with E-state index in [0.29, 0.717) is 0 Å². The Bertz CT molecular complexity index is 302. The molecular weight excluding hydrogens is 192 g/mol. The second-order valence-corrected chi connectivity index (χ2v) is 4.54. The average Bonchev–Trinajstić information content (AvgIpc) is 2.52. The number of nitrogens with zero attached hydrogens (tertiary/aromatic N) is 1. The van der Waals surface area contributed by atoms with E-state index in [9.17, 15) is 0 Å². The van der Waals surface area contributed by atoms with Gasteiger partial charge in [-0.2, -0.15) is 0 Å². The average molecular weight is 210 g/mol. The number of hydrogen-bond acceptors (Lipinski definition) is 3. The summed E-state index contributed by atoms with van der Waals surface area (Å²) in [5, 5.41) is 6.43. The van der Waals surface area contributed by atoms with Crippen molar-refractivity contribution in [2.45, 2.75) is 26.7 Å². The number of aryl methyl sites for hydroxylation is 1. The van der Waals surface area contributed by atoms with Crippen LogP contribution in [0.4, 0.5) is 0 Å². The highest BCUT2D eigenvalue weighted by Gasteiger charge is 1.98. The molecule has 0 saturated heterocycles. The summed E-state index contributed by atoms with van der Waals surface area (Å²) in [7, 11) is 1.98. The van der Waals surface area contributed by atoms with Gasteiger partial charge in [0.1, 0.15) is 0 Å². The lowest BCUT2D eigenvalue weighted by atomic mass is 10.1. The van der Waals surface area contributed by atoms with Crippen molar-refractivity contribution in [2.75, 3.05) is 13.6 Å². The first-order valence-corrected chi connectivity index (χ1v) is 5.81. The third-order valence-electron chi connectivity index (χ3n) is 2.01. The maximum atomic E-state index is 4.44. The summed E-state index contributed by atoms with van der Waals surface area (Å²) < 4.78 is 0. The highest BCUT2D eigenvalue weighted by atomic mass is 32.1. The van der Waals surface area contributed by atoms with Crippen molar-refractivity contribution in [3.8, 4) is 0 Å². The third-order valence-corrected chi connectivity index (χ3v) is 2.84. The molecule has 1 aromatic heterocycles. The maximum absolute atomic E-state index is 4.44. The number of allylic oxidation sites excluding steroid dienone is 1. The van der Waals surface area contributed by atoms with Gasteiger partial charge in [0, 0.05) is 11.8 Å². The molecule has 3 heteroatoms. The lowest BCUT2D eigenvalue weighted by Gasteiger charge is -1.98. The van der Waals surface area contributed by atoms with Crippen LogP contribution in [0.5, 0.6) is 0 Å². The SMILES string of the molecule is CNCCC=C(C)Cc1csc(C)n1. The molecule has 0 unspecified atom stereocenters. The number of rotatable bonds is 5. The second kappa shape index (κ2) is 5.94. The van der Waals surface area contributed by atoms with E-state index in [0.717, 1.165) is 24.4 Å². The van der Waals surface area contributed by atoms with Gasteiger partial charge in [-0.15, -0.1) is 11.3 Å². The molecule has 0 aliphatic heterocycles. The summed E-state index contributed by atoms with van der Waals surface area (Å²) in [5.74, 6) is 0. The van der Waals surface area contributed by atoms with Crippen molar-refractivity contribution >= 4 is 11.3 Å². The standard InChI is InChI=1S/C11H18N2S/c1-9(5-4-6-12-3)7-11-8-14-10(2)13-11/h5,8,12H,4,6-7H2,1-3H3. The predicted molar refractivity (Wildman–Crippen MR) is 62.9 cm³/mol. The molecular formula is C11H18N2S. The molecule has 1 rings (SSSR count). The molecule has 0 saturated carbocycles. The van der Waals surface area contributed by atoms with Crippen LogP contribution < -0.4 is 5.32 Å². The second-order valence-electron chi connectivity index (χ2n) is 3.48. The Kier molecular flexibility index (Phi) is 4.84. The molecule has 1 heterocycles. The summed E-state index contributed by atoms with van der Waals surface area (Å²) in [6.45, 7) is 5.27. The van der Waals surface area contributed by atoms with Gasteiger partial charge in [0.2, 0.25) is 0 Å². The van der Waals surface area contributed by atoms with Crippen molar-refractivity contribution in [1.82, 2.24) is 10.3 Å². The van der Waals surface area contributed by atoms with Crippen LogP contribution in [0.2, 0.25) is 0 Å². The Labute approximate surface area is 90.1 Å². The summed E-state index contributed by atoms with van der Waals surface area (Å²) >= 11 is 1.72. The Morgan fingerprint density at radius 1 is 1.64 bits per heavy atom. The molecule has 1 aromatic rings. The summed E-state index contributed by atoms with van der Waals surface area (Å²) in [6, 6.07) is 0. The van der Waals surface area contributed by atoms with Crippen LogP contribution in [0.15, 0.2) is 17.0 Å². The molecule has 0 aliphatic carbocycles. The largest absolute Gasteiger partial charge is 0.319 e. The van der Waals surface area contributed by atoms with Crippen LogP contribution in [-0.4, -0.2) is 18.6 Å². The van der Waals surface area contributed by atoms with Crippen LogP contribution >= 0.6 is 11.3 Å². The summed E-state index contributed by atoms with van der Waals surface area (Å²) in [5.41, 5.74) is 2.61. The van der Waals surface area contributed by atoms with Gasteiger partial charge in [0.05, 0.1) is 10.7 Å². The van der Waals surface area contributed by atoms with Crippen molar-refractivity contribution < 1.29 is 0 Å². The van der Waals surface area contributed by atoms with E-state index < -0.39 is 0 Å². The van der Waals surface area contributed by atoms with E-state index in [2.05, 4.69) is 28.7 Å². The minimum atomic E-state index is 0.994. The monoisotopic (exact) mass is 210 g/mol. The van der Waals surface area contributed by atoms with Gasteiger partial charge in [0.15, 0.2) is 0 Å². The van der Waals surface area contributed by atoms with Crippen molar-refractivity contribution in [2.24, 2.45) is 0 Å². The van der Waals surface area contributed by atoms with Gasteiger partial charge in [-0.05, 0) is 33.9 Å². The zero-order chi connectivity index (χ0) is 10.4. The normalized spacial score (nSPS) is 12.1. The minimum Gasteiger partial charge on any atom is -0.319 e. The smallest absolute Gasteiger partial charge is 0.0897 e. The van der Waals surface area contributed by atoms with Gasteiger partial charge in [-0.3, -0.25) is 0 Å². The molecule has 14 heavy (non-hydrogen) atoms. The Hall–Kier alpha value is -0.670. The predicted octanol–water partition coefficient (Wildman–Crippen LogP) is 2.55. The lowest BCUT2D eigenvalue weighted by Crippen LogP contribution is -2.06. The molecule has 78 valence electrons. The van der Waals surface area contributed by atoms with E-state index in [1.54, 1.807) is 11.3 Å². The fourth-order valence-electron chi connectivity index (χ4n) is 1.31. The Balaban J connectivity index is 2.40. The third kappa shape index (κ3) is 4.03. The Morgan fingerprint density at radius 3 is 3.00 bits per heavy atom. The fraction of sp³-hybridized carbons (Fsp3) is 0.545. The van der Waals surface area contributed by atoms with Crippen molar-refractivity contribution in [3.05, 3.63) is 27.7 Å². The lowest BCUT2D eigenvalue weighted by molar-refractivity contribution is 0.802. The Morgan fingerprint density at radius 2 is 2.43 bits per heavy atom. The van der Waals surface area contributed by atoms with Crippen LogP contribution in [0.3, 0.4) is 0 Å². The summed E-state index contributed by atoms with van der Waals surface area (Å²) in [4.78, 5) is 4.44. The maximum Gasteiger partial charge on any atom is 0.0897 e. The van der Waals surface area contributed by atoms with Crippen LogP contribution in [0.25, 0.3) is 0 Å². The van der Waals surface area contributed by atoms with E-state index in [-0.39, 0.29) is 0 Å². The highest BCUT2D eigenvalue weighted by molar-refractivity contribution is 7.09. The van der Waals surface area contributed by atoms with Crippen molar-refractivity contribution in [3.63, 3.8) is 0 Å². The van der Waals surface area contributed by atoms with Gasteiger partial charge in [0.25, 0.3) is 0 Å². The first-order valence-electron chi connectivity index (χ1n) is 4.93. The van der Waals surface area contributed by atoms with Crippen LogP contribution in [0, 0.1) is 6.92 Å². The molecule has 1 N–H and O–H groups in total. The zero-order valence-electron chi connectivity index (χ0n) is 9.13. The number of thiazole rings is 1. The number of aromatic nitrogens is 1. The molecule has 0 aliphatic rings. The molecule has 0 radical (unpaired) electrons. The number of hydrogen-bond donors (Lipinski definition) is 1.